The van der Waals surface area contributed by atoms with Gasteiger partial charge in [0.15, 0.2) is 0 Å². The second-order valence-corrected chi connectivity index (χ2v) is 5.74. The molecule has 1 aliphatic rings. The lowest BCUT2D eigenvalue weighted by Gasteiger charge is -2.47. The number of nitrogens with zero attached hydrogens (tertiary/aromatic N) is 3. The molecule has 7 heteroatoms. The zero-order chi connectivity index (χ0) is 13.5. The zero-order valence-corrected chi connectivity index (χ0v) is 11.2. The summed E-state index contributed by atoms with van der Waals surface area (Å²) in [4.78, 5) is 21.1. The summed E-state index contributed by atoms with van der Waals surface area (Å²) in [6.45, 7) is 2.94. The predicted molar refractivity (Wildman–Crippen MR) is 71.6 cm³/mol. The van der Waals surface area contributed by atoms with Gasteiger partial charge in [0, 0.05) is 0 Å². The number of ether oxygens (including phenoxy) is 1. The van der Waals surface area contributed by atoms with Gasteiger partial charge in [-0.1, -0.05) is 0 Å². The van der Waals surface area contributed by atoms with E-state index in [9.17, 15) is 4.79 Å². The van der Waals surface area contributed by atoms with E-state index in [1.807, 2.05) is 18.4 Å². The van der Waals surface area contributed by atoms with E-state index in [0.29, 0.717) is 13.1 Å². The maximum atomic E-state index is 10.5. The topological polar surface area (TPSA) is 75.6 Å². The van der Waals surface area contributed by atoms with Crippen LogP contribution in [0.3, 0.4) is 0 Å². The minimum Gasteiger partial charge on any atom is -0.480 e. The van der Waals surface area contributed by atoms with E-state index in [2.05, 4.69) is 14.9 Å². The van der Waals surface area contributed by atoms with Crippen molar-refractivity contribution in [2.24, 2.45) is 0 Å². The Hall–Kier alpha value is -1.73. The molecule has 1 fully saturated rings. The van der Waals surface area contributed by atoms with Gasteiger partial charge in [-0.15, -0.1) is 11.3 Å². The van der Waals surface area contributed by atoms with Crippen LogP contribution in [-0.2, 0) is 9.53 Å². The van der Waals surface area contributed by atoms with E-state index in [1.54, 1.807) is 17.7 Å². The summed E-state index contributed by atoms with van der Waals surface area (Å²) in [7, 11) is 0. The lowest BCUT2D eigenvalue weighted by Crippen LogP contribution is -2.62. The molecule has 0 radical (unpaired) electrons. The molecule has 0 amide bonds. The van der Waals surface area contributed by atoms with Crippen LogP contribution in [0.5, 0.6) is 0 Å². The van der Waals surface area contributed by atoms with Crippen LogP contribution in [0.4, 0.5) is 5.82 Å². The van der Waals surface area contributed by atoms with Gasteiger partial charge in [0.25, 0.3) is 0 Å². The standard InChI is InChI=1S/C12H13N3O3S/c1-12(18-4-9(16)17)5-15(6-12)11-10-8(2-3-19-10)13-7-14-11/h2-3,7H,4-6H2,1H3,(H,16,17). The van der Waals surface area contributed by atoms with Gasteiger partial charge in [-0.25, -0.2) is 14.8 Å². The quantitative estimate of drug-likeness (QED) is 0.911. The molecule has 6 nitrogen and oxygen atoms in total. The maximum absolute atomic E-state index is 10.5. The van der Waals surface area contributed by atoms with Crippen molar-refractivity contribution in [3.05, 3.63) is 17.8 Å². The summed E-state index contributed by atoms with van der Waals surface area (Å²) < 4.78 is 6.45. The predicted octanol–water partition coefficient (Wildman–Crippen LogP) is 1.37. The Morgan fingerprint density at radius 3 is 3.11 bits per heavy atom. The SMILES string of the molecule is CC1(OCC(=O)O)CN(c2ncnc3ccsc23)C1. The monoisotopic (exact) mass is 279 g/mol. The second-order valence-electron chi connectivity index (χ2n) is 4.82. The number of hydrogen-bond acceptors (Lipinski definition) is 6. The van der Waals surface area contributed by atoms with Crippen molar-refractivity contribution in [3.63, 3.8) is 0 Å². The molecule has 0 unspecified atom stereocenters. The Morgan fingerprint density at radius 2 is 2.37 bits per heavy atom. The molecule has 1 N–H and O–H groups in total. The smallest absolute Gasteiger partial charge is 0.329 e. The van der Waals surface area contributed by atoms with Crippen LogP contribution in [0, 0.1) is 0 Å². The van der Waals surface area contributed by atoms with Crippen molar-refractivity contribution in [2.75, 3.05) is 24.6 Å². The molecule has 0 bridgehead atoms. The highest BCUT2D eigenvalue weighted by Crippen LogP contribution is 2.34. The lowest BCUT2D eigenvalue weighted by molar-refractivity contribution is -0.150. The van der Waals surface area contributed by atoms with Gasteiger partial charge in [-0.3, -0.25) is 0 Å². The number of anilines is 1. The molecular formula is C12H13N3O3S. The van der Waals surface area contributed by atoms with Crippen LogP contribution in [0.15, 0.2) is 17.8 Å². The fourth-order valence-corrected chi connectivity index (χ4v) is 3.10. The van der Waals surface area contributed by atoms with Gasteiger partial charge in [0.1, 0.15) is 24.4 Å². The molecule has 3 rings (SSSR count). The summed E-state index contributed by atoms with van der Waals surface area (Å²) in [5.41, 5.74) is 0.530. The van der Waals surface area contributed by atoms with Crippen LogP contribution >= 0.6 is 11.3 Å². The molecular weight excluding hydrogens is 266 g/mol. The van der Waals surface area contributed by atoms with Crippen molar-refractivity contribution in [2.45, 2.75) is 12.5 Å². The van der Waals surface area contributed by atoms with E-state index in [1.165, 1.54) is 0 Å². The van der Waals surface area contributed by atoms with Gasteiger partial charge in [0.05, 0.1) is 23.3 Å². The number of fused-ring (bicyclic) bond motifs is 1. The number of carbonyl (C=O) groups is 1. The number of carboxylic acid groups (broad SMARTS) is 1. The first-order valence-corrected chi connectivity index (χ1v) is 6.74. The average Bonchev–Trinajstić information content (AvgIpc) is 2.81. The summed E-state index contributed by atoms with van der Waals surface area (Å²) >= 11 is 1.61. The van der Waals surface area contributed by atoms with Crippen molar-refractivity contribution in [1.29, 1.82) is 0 Å². The third-order valence-electron chi connectivity index (χ3n) is 3.12. The second kappa shape index (κ2) is 4.43. The van der Waals surface area contributed by atoms with Gasteiger partial charge < -0.3 is 14.7 Å². The van der Waals surface area contributed by atoms with Gasteiger partial charge >= 0.3 is 5.97 Å². The van der Waals surface area contributed by atoms with Gasteiger partial charge in [-0.2, -0.15) is 0 Å². The molecule has 19 heavy (non-hydrogen) atoms. The van der Waals surface area contributed by atoms with Crippen molar-refractivity contribution in [1.82, 2.24) is 9.97 Å². The minimum absolute atomic E-state index is 0.261. The molecule has 1 aliphatic heterocycles. The third kappa shape index (κ3) is 2.26. The van der Waals surface area contributed by atoms with Crippen LogP contribution in [0.2, 0.25) is 0 Å². The van der Waals surface area contributed by atoms with Gasteiger partial charge in [-0.05, 0) is 18.4 Å². The number of hydrogen-bond donors (Lipinski definition) is 1. The Kier molecular flexibility index (Phi) is 2.87. The lowest BCUT2D eigenvalue weighted by atomic mass is 9.96. The van der Waals surface area contributed by atoms with Crippen molar-refractivity contribution in [3.8, 4) is 0 Å². The Bertz CT molecular complexity index is 621. The van der Waals surface area contributed by atoms with E-state index < -0.39 is 11.6 Å². The maximum Gasteiger partial charge on any atom is 0.329 e. The number of thiophene rings is 1. The average molecular weight is 279 g/mol. The molecule has 0 atom stereocenters. The largest absolute Gasteiger partial charge is 0.480 e. The number of aliphatic carboxylic acids is 1. The summed E-state index contributed by atoms with van der Waals surface area (Å²) in [5, 5.41) is 10.6. The third-order valence-corrected chi connectivity index (χ3v) is 4.02. The Morgan fingerprint density at radius 1 is 1.58 bits per heavy atom. The van der Waals surface area contributed by atoms with Crippen LogP contribution in [0.25, 0.3) is 10.2 Å². The molecule has 0 saturated carbocycles. The van der Waals surface area contributed by atoms with Crippen molar-refractivity contribution >= 4 is 33.3 Å². The zero-order valence-electron chi connectivity index (χ0n) is 10.4. The minimum atomic E-state index is -0.942. The van der Waals surface area contributed by atoms with Crippen molar-refractivity contribution < 1.29 is 14.6 Å². The van der Waals surface area contributed by atoms with E-state index in [0.717, 1.165) is 16.0 Å². The highest BCUT2D eigenvalue weighted by Gasteiger charge is 2.41. The van der Waals surface area contributed by atoms with E-state index in [4.69, 9.17) is 9.84 Å². The molecule has 2 aromatic heterocycles. The Labute approximate surface area is 113 Å². The van der Waals surface area contributed by atoms with E-state index >= 15 is 0 Å². The molecule has 0 aromatic carbocycles. The van der Waals surface area contributed by atoms with Crippen LogP contribution in [0.1, 0.15) is 6.92 Å². The highest BCUT2D eigenvalue weighted by molar-refractivity contribution is 7.17. The summed E-state index contributed by atoms with van der Waals surface area (Å²) in [6.07, 6.45) is 1.55. The Balaban J connectivity index is 1.73. The molecule has 1 saturated heterocycles. The normalized spacial score (nSPS) is 17.4. The summed E-state index contributed by atoms with van der Waals surface area (Å²) in [5.74, 6) is -0.0428. The number of aromatic nitrogens is 2. The molecule has 2 aromatic rings. The molecule has 0 aliphatic carbocycles. The first-order chi connectivity index (χ1) is 9.07. The van der Waals surface area contributed by atoms with Crippen LogP contribution in [-0.4, -0.2) is 46.3 Å². The van der Waals surface area contributed by atoms with E-state index in [-0.39, 0.29) is 6.61 Å². The molecule has 0 spiro atoms. The molecule has 100 valence electrons. The first kappa shape index (κ1) is 12.3. The fraction of sp³-hybridized carbons (Fsp3) is 0.417. The fourth-order valence-electron chi connectivity index (χ4n) is 2.24. The summed E-state index contributed by atoms with van der Waals surface area (Å²) in [6, 6.07) is 1.96. The first-order valence-electron chi connectivity index (χ1n) is 5.86. The number of rotatable bonds is 4. The van der Waals surface area contributed by atoms with Gasteiger partial charge in [0.2, 0.25) is 0 Å². The van der Waals surface area contributed by atoms with Crippen LogP contribution < -0.4 is 4.90 Å². The molecule has 3 heterocycles. The highest BCUT2D eigenvalue weighted by atomic mass is 32.1. The number of carboxylic acids is 1.